The number of hydrogen-bond donors (Lipinski definition) is 2. The van der Waals surface area contributed by atoms with Gasteiger partial charge in [-0.3, -0.25) is 4.90 Å². The van der Waals surface area contributed by atoms with Crippen LogP contribution in [0.1, 0.15) is 73.6 Å². The van der Waals surface area contributed by atoms with Crippen LogP contribution in [-0.4, -0.2) is 30.1 Å². The van der Waals surface area contributed by atoms with E-state index in [1.807, 2.05) is 50.3 Å². The van der Waals surface area contributed by atoms with Gasteiger partial charge in [0.2, 0.25) is 0 Å². The van der Waals surface area contributed by atoms with Crippen molar-refractivity contribution in [1.29, 1.82) is 0 Å². The molecule has 3 N–H and O–H groups in total. The molecule has 1 fully saturated rings. The summed E-state index contributed by atoms with van der Waals surface area (Å²) in [5.74, 6) is 0. The van der Waals surface area contributed by atoms with Gasteiger partial charge in [0.1, 0.15) is 0 Å². The van der Waals surface area contributed by atoms with Crippen LogP contribution in [0.2, 0.25) is 0 Å². The standard InChI is InChI=1S/C18H31N3.C4H8.CH4/c1-15-9-8-10-16(2)21(15)14-7-3-6-13-20-18-12-5-4-11-17(18)19;1-3-4-2;/h4-5,11-12,15-16,20H,3,6-10,13-14,19H2,1-2H3;3-4H,1-2H3;1H4/b;4-3-;. The average molecular weight is 362 g/mol. The van der Waals surface area contributed by atoms with Gasteiger partial charge in [-0.2, -0.15) is 0 Å². The summed E-state index contributed by atoms with van der Waals surface area (Å²) in [4.78, 5) is 2.70. The van der Waals surface area contributed by atoms with Gasteiger partial charge in [0, 0.05) is 18.6 Å². The predicted octanol–water partition coefficient (Wildman–Crippen LogP) is 6.33. The number of nitrogens with two attached hydrogens (primary N) is 1. The quantitative estimate of drug-likeness (QED) is 0.338. The molecule has 3 nitrogen and oxygen atoms in total. The van der Waals surface area contributed by atoms with Crippen LogP contribution < -0.4 is 11.1 Å². The van der Waals surface area contributed by atoms with Crippen molar-refractivity contribution in [2.45, 2.75) is 85.7 Å². The van der Waals surface area contributed by atoms with Crippen LogP contribution in [0.15, 0.2) is 36.4 Å². The molecule has 1 aromatic rings. The number of nitrogen functional groups attached to an aromatic ring is 1. The fourth-order valence-corrected chi connectivity index (χ4v) is 3.39. The molecule has 0 aromatic heterocycles. The third-order valence-corrected chi connectivity index (χ3v) is 5.08. The van der Waals surface area contributed by atoms with E-state index in [2.05, 4.69) is 24.1 Å². The molecule has 2 rings (SSSR count). The summed E-state index contributed by atoms with van der Waals surface area (Å²) in [7, 11) is 0. The van der Waals surface area contributed by atoms with E-state index < -0.39 is 0 Å². The third kappa shape index (κ3) is 9.28. The predicted molar refractivity (Wildman–Crippen MR) is 120 cm³/mol. The summed E-state index contributed by atoms with van der Waals surface area (Å²) in [6, 6.07) is 9.54. The van der Waals surface area contributed by atoms with E-state index in [0.29, 0.717) is 0 Å². The van der Waals surface area contributed by atoms with Crippen LogP contribution in [0, 0.1) is 0 Å². The number of unbranched alkanes of at least 4 members (excludes halogenated alkanes) is 2. The summed E-state index contributed by atoms with van der Waals surface area (Å²) >= 11 is 0. The molecular formula is C23H43N3. The third-order valence-electron chi connectivity index (χ3n) is 5.08. The van der Waals surface area contributed by atoms with Gasteiger partial charge in [-0.05, 0) is 72.1 Å². The van der Waals surface area contributed by atoms with Crippen molar-refractivity contribution >= 4 is 11.4 Å². The molecule has 3 heteroatoms. The number of anilines is 2. The minimum absolute atomic E-state index is 0. The first kappa shape index (κ1) is 24.5. The van der Waals surface area contributed by atoms with Crippen molar-refractivity contribution in [3.8, 4) is 0 Å². The molecule has 1 aromatic carbocycles. The molecule has 1 aliphatic rings. The molecule has 1 heterocycles. The van der Waals surface area contributed by atoms with E-state index in [9.17, 15) is 0 Å². The lowest BCUT2D eigenvalue weighted by atomic mass is 9.97. The van der Waals surface area contributed by atoms with Crippen LogP contribution >= 0.6 is 0 Å². The number of likely N-dealkylation sites (tertiary alicyclic amines) is 1. The number of nitrogens with one attached hydrogen (secondary N) is 1. The molecule has 0 saturated carbocycles. The van der Waals surface area contributed by atoms with Gasteiger partial charge in [0.05, 0.1) is 11.4 Å². The lowest BCUT2D eigenvalue weighted by Gasteiger charge is -2.39. The Morgan fingerprint density at radius 3 is 2.23 bits per heavy atom. The number of rotatable bonds is 7. The fourth-order valence-electron chi connectivity index (χ4n) is 3.39. The van der Waals surface area contributed by atoms with E-state index in [1.165, 1.54) is 45.1 Å². The summed E-state index contributed by atoms with van der Waals surface area (Å²) in [5, 5.41) is 3.43. The SMILES string of the molecule is C.C/C=C\C.CC1CCCC(C)N1CCCCCNc1ccccc1N. The highest BCUT2D eigenvalue weighted by molar-refractivity contribution is 5.65. The van der Waals surface area contributed by atoms with Crippen molar-refractivity contribution in [2.75, 3.05) is 24.1 Å². The highest BCUT2D eigenvalue weighted by atomic mass is 15.2. The van der Waals surface area contributed by atoms with Gasteiger partial charge in [0.15, 0.2) is 0 Å². The number of benzene rings is 1. The van der Waals surface area contributed by atoms with Gasteiger partial charge in [0.25, 0.3) is 0 Å². The lowest BCUT2D eigenvalue weighted by Crippen LogP contribution is -2.44. The van der Waals surface area contributed by atoms with Gasteiger partial charge in [-0.25, -0.2) is 0 Å². The molecule has 2 atom stereocenters. The number of para-hydroxylation sites is 2. The Bertz CT molecular complexity index is 470. The van der Waals surface area contributed by atoms with Crippen LogP contribution in [0.3, 0.4) is 0 Å². The highest BCUT2D eigenvalue weighted by Crippen LogP contribution is 2.23. The Hall–Kier alpha value is -1.48. The molecular weight excluding hydrogens is 318 g/mol. The van der Waals surface area contributed by atoms with Crippen molar-refractivity contribution in [3.63, 3.8) is 0 Å². The first-order valence-electron chi connectivity index (χ1n) is 10.0. The number of piperidine rings is 1. The molecule has 1 aliphatic heterocycles. The average Bonchev–Trinajstić information content (AvgIpc) is 2.61. The smallest absolute Gasteiger partial charge is 0.0573 e. The summed E-state index contributed by atoms with van der Waals surface area (Å²) in [6.45, 7) is 11.0. The van der Waals surface area contributed by atoms with Crippen LogP contribution in [0.4, 0.5) is 11.4 Å². The highest BCUT2D eigenvalue weighted by Gasteiger charge is 2.23. The topological polar surface area (TPSA) is 41.3 Å². The van der Waals surface area contributed by atoms with Crippen LogP contribution in [0.5, 0.6) is 0 Å². The van der Waals surface area contributed by atoms with E-state index in [-0.39, 0.29) is 7.43 Å². The van der Waals surface area contributed by atoms with Gasteiger partial charge >= 0.3 is 0 Å². The zero-order chi connectivity index (χ0) is 18.5. The summed E-state index contributed by atoms with van der Waals surface area (Å²) in [6.07, 6.45) is 12.0. The second-order valence-corrected chi connectivity index (χ2v) is 7.11. The van der Waals surface area contributed by atoms with Crippen LogP contribution in [-0.2, 0) is 0 Å². The number of hydrogen-bond acceptors (Lipinski definition) is 3. The Kier molecular flexibility index (Phi) is 13.8. The van der Waals surface area contributed by atoms with Crippen molar-refractivity contribution in [1.82, 2.24) is 4.90 Å². The Labute approximate surface area is 163 Å². The van der Waals surface area contributed by atoms with Gasteiger partial charge < -0.3 is 11.1 Å². The molecule has 2 unspecified atom stereocenters. The van der Waals surface area contributed by atoms with Gasteiger partial charge in [-0.1, -0.05) is 44.6 Å². The maximum atomic E-state index is 5.92. The Morgan fingerprint density at radius 1 is 1.04 bits per heavy atom. The zero-order valence-electron chi connectivity index (χ0n) is 16.8. The zero-order valence-corrected chi connectivity index (χ0v) is 16.8. The molecule has 26 heavy (non-hydrogen) atoms. The second kappa shape index (κ2) is 14.7. The van der Waals surface area contributed by atoms with E-state index in [4.69, 9.17) is 5.73 Å². The van der Waals surface area contributed by atoms with E-state index >= 15 is 0 Å². The minimum Gasteiger partial charge on any atom is -0.397 e. The monoisotopic (exact) mass is 361 g/mol. The molecule has 1 saturated heterocycles. The molecule has 0 amide bonds. The Morgan fingerprint density at radius 2 is 1.65 bits per heavy atom. The summed E-state index contributed by atoms with van der Waals surface area (Å²) in [5.41, 5.74) is 7.83. The van der Waals surface area contributed by atoms with Crippen molar-refractivity contribution in [3.05, 3.63) is 36.4 Å². The molecule has 150 valence electrons. The maximum Gasteiger partial charge on any atom is 0.0573 e. The van der Waals surface area contributed by atoms with Crippen molar-refractivity contribution in [2.24, 2.45) is 0 Å². The normalized spacial score (nSPS) is 20.2. The second-order valence-electron chi connectivity index (χ2n) is 7.11. The molecule has 0 spiro atoms. The molecule has 0 radical (unpaired) electrons. The molecule has 0 bridgehead atoms. The fraction of sp³-hybridized carbons (Fsp3) is 0.652. The minimum atomic E-state index is 0. The number of allylic oxidation sites excluding steroid dienone is 2. The van der Waals surface area contributed by atoms with Gasteiger partial charge in [-0.15, -0.1) is 0 Å². The Balaban J connectivity index is 0.00000113. The first-order valence-corrected chi connectivity index (χ1v) is 10.0. The lowest BCUT2D eigenvalue weighted by molar-refractivity contribution is 0.101. The molecule has 0 aliphatic carbocycles. The number of nitrogens with zero attached hydrogens (tertiary/aromatic N) is 1. The van der Waals surface area contributed by atoms with Crippen molar-refractivity contribution < 1.29 is 0 Å². The van der Waals surface area contributed by atoms with E-state index in [1.54, 1.807) is 0 Å². The van der Waals surface area contributed by atoms with E-state index in [0.717, 1.165) is 30.0 Å². The summed E-state index contributed by atoms with van der Waals surface area (Å²) < 4.78 is 0. The first-order chi connectivity index (χ1) is 12.1. The maximum absolute atomic E-state index is 5.92. The largest absolute Gasteiger partial charge is 0.397 e. The van der Waals surface area contributed by atoms with Crippen LogP contribution in [0.25, 0.3) is 0 Å².